The molecule has 7 nitrogen and oxygen atoms in total. The van der Waals surface area contributed by atoms with E-state index in [1.165, 1.54) is 0 Å². The Labute approximate surface area is 158 Å². The Bertz CT molecular complexity index is 892. The summed E-state index contributed by atoms with van der Waals surface area (Å²) in [7, 11) is -3.65. The largest absolute Gasteiger partial charge is 0.368 e. The van der Waals surface area contributed by atoms with Crippen LogP contribution in [0.15, 0.2) is 34.3 Å². The van der Waals surface area contributed by atoms with Gasteiger partial charge in [-0.2, -0.15) is 0 Å². The van der Waals surface area contributed by atoms with Crippen LogP contribution in [0, 0.1) is 13.8 Å². The third-order valence-corrected chi connectivity index (χ3v) is 6.11. The second kappa shape index (κ2) is 7.42. The van der Waals surface area contributed by atoms with Crippen LogP contribution in [0.1, 0.15) is 11.3 Å². The van der Waals surface area contributed by atoms with Gasteiger partial charge in [0.25, 0.3) is 0 Å². The molecule has 2 heterocycles. The van der Waals surface area contributed by atoms with Crippen LogP contribution in [0.4, 0.5) is 11.5 Å². The molecule has 2 N–H and O–H groups in total. The van der Waals surface area contributed by atoms with E-state index < -0.39 is 10.0 Å². The summed E-state index contributed by atoms with van der Waals surface area (Å²) in [5.74, 6) is 1.01. The van der Waals surface area contributed by atoms with Crippen molar-refractivity contribution < 1.29 is 8.42 Å². The van der Waals surface area contributed by atoms with E-state index in [0.717, 1.165) is 54.1 Å². The van der Waals surface area contributed by atoms with Gasteiger partial charge in [-0.3, -0.25) is 0 Å². The van der Waals surface area contributed by atoms with Gasteiger partial charge in [0.15, 0.2) is 5.16 Å². The molecule has 2 aromatic rings. The average molecular weight is 394 g/mol. The SMILES string of the molecule is CSc1nc(C)c(C)c(N2CCN(c3ccc(S(N)(=O)=O)cc3)CC2)n1. The number of hydrogen-bond acceptors (Lipinski definition) is 7. The van der Waals surface area contributed by atoms with Gasteiger partial charge in [-0.15, -0.1) is 0 Å². The number of primary sulfonamides is 1. The van der Waals surface area contributed by atoms with Crippen molar-refractivity contribution in [2.45, 2.75) is 23.9 Å². The van der Waals surface area contributed by atoms with Crippen molar-refractivity contribution in [2.75, 3.05) is 42.2 Å². The van der Waals surface area contributed by atoms with E-state index in [1.807, 2.05) is 13.2 Å². The summed E-state index contributed by atoms with van der Waals surface area (Å²) in [5.41, 5.74) is 3.13. The molecule has 0 aliphatic carbocycles. The Balaban J connectivity index is 1.73. The van der Waals surface area contributed by atoms with Gasteiger partial charge in [0, 0.05) is 43.1 Å². The zero-order chi connectivity index (χ0) is 18.9. The Morgan fingerprint density at radius 1 is 1.00 bits per heavy atom. The molecular weight excluding hydrogens is 370 g/mol. The Morgan fingerprint density at radius 3 is 2.12 bits per heavy atom. The van der Waals surface area contributed by atoms with E-state index in [2.05, 4.69) is 21.7 Å². The van der Waals surface area contributed by atoms with Crippen LogP contribution in [0.3, 0.4) is 0 Å². The Morgan fingerprint density at radius 2 is 1.58 bits per heavy atom. The maximum Gasteiger partial charge on any atom is 0.238 e. The molecule has 1 aromatic carbocycles. The number of thioether (sulfide) groups is 1. The molecule has 26 heavy (non-hydrogen) atoms. The van der Waals surface area contributed by atoms with E-state index in [-0.39, 0.29) is 4.90 Å². The highest BCUT2D eigenvalue weighted by molar-refractivity contribution is 7.98. The molecule has 0 spiro atoms. The molecule has 0 radical (unpaired) electrons. The van der Waals surface area contributed by atoms with Crippen molar-refractivity contribution >= 4 is 33.3 Å². The van der Waals surface area contributed by atoms with Gasteiger partial charge in [-0.05, 0) is 44.4 Å². The van der Waals surface area contributed by atoms with Gasteiger partial charge in [-0.25, -0.2) is 23.5 Å². The first-order chi connectivity index (χ1) is 12.3. The number of aryl methyl sites for hydroxylation is 1. The van der Waals surface area contributed by atoms with Crippen molar-refractivity contribution in [2.24, 2.45) is 5.14 Å². The number of rotatable bonds is 4. The summed E-state index contributed by atoms with van der Waals surface area (Å²) in [6, 6.07) is 6.72. The van der Waals surface area contributed by atoms with Crippen molar-refractivity contribution in [1.82, 2.24) is 9.97 Å². The second-order valence-electron chi connectivity index (χ2n) is 6.26. The van der Waals surface area contributed by atoms with Gasteiger partial charge < -0.3 is 9.80 Å². The van der Waals surface area contributed by atoms with Gasteiger partial charge in [0.2, 0.25) is 10.0 Å². The summed E-state index contributed by atoms with van der Waals surface area (Å²) in [6.45, 7) is 7.46. The van der Waals surface area contributed by atoms with Crippen LogP contribution in [0.2, 0.25) is 0 Å². The third-order valence-electron chi connectivity index (χ3n) is 4.64. The molecular formula is C17H23N5O2S2. The average Bonchev–Trinajstić information content (AvgIpc) is 2.63. The summed E-state index contributed by atoms with van der Waals surface area (Å²) < 4.78 is 22.8. The minimum absolute atomic E-state index is 0.136. The molecule has 0 unspecified atom stereocenters. The molecule has 1 fully saturated rings. The van der Waals surface area contributed by atoms with Gasteiger partial charge in [0.05, 0.1) is 4.90 Å². The van der Waals surface area contributed by atoms with Crippen LogP contribution in [-0.4, -0.2) is 50.8 Å². The molecule has 1 aliphatic heterocycles. The number of anilines is 2. The maximum atomic E-state index is 11.4. The topological polar surface area (TPSA) is 92.4 Å². The standard InChI is InChI=1S/C17H23N5O2S2/c1-12-13(2)19-17(25-3)20-16(12)22-10-8-21(9-11-22)14-4-6-15(7-5-14)26(18,23)24/h4-7H,8-11H2,1-3H3,(H2,18,23,24). The molecule has 0 atom stereocenters. The molecule has 1 aromatic heterocycles. The predicted octanol–water partition coefficient (Wildman–Crippen LogP) is 1.79. The number of sulfonamides is 1. The first-order valence-electron chi connectivity index (χ1n) is 8.31. The molecule has 1 saturated heterocycles. The van der Waals surface area contributed by atoms with Crippen LogP contribution in [0.5, 0.6) is 0 Å². The highest BCUT2D eigenvalue weighted by atomic mass is 32.2. The van der Waals surface area contributed by atoms with E-state index >= 15 is 0 Å². The predicted molar refractivity (Wildman–Crippen MR) is 106 cm³/mol. The van der Waals surface area contributed by atoms with E-state index in [0.29, 0.717) is 0 Å². The number of nitrogens with zero attached hydrogens (tertiary/aromatic N) is 4. The van der Waals surface area contributed by atoms with Crippen molar-refractivity contribution in [1.29, 1.82) is 0 Å². The maximum absolute atomic E-state index is 11.4. The quantitative estimate of drug-likeness (QED) is 0.625. The summed E-state index contributed by atoms with van der Waals surface area (Å²) in [6.07, 6.45) is 1.98. The Hall–Kier alpha value is -1.84. The van der Waals surface area contributed by atoms with Gasteiger partial charge in [0.1, 0.15) is 5.82 Å². The number of benzene rings is 1. The van der Waals surface area contributed by atoms with Crippen LogP contribution in [0.25, 0.3) is 0 Å². The zero-order valence-electron chi connectivity index (χ0n) is 15.1. The molecule has 3 rings (SSSR count). The molecule has 9 heteroatoms. The number of piperazine rings is 1. The lowest BCUT2D eigenvalue weighted by Crippen LogP contribution is -2.47. The molecule has 0 bridgehead atoms. The van der Waals surface area contributed by atoms with E-state index in [4.69, 9.17) is 10.1 Å². The highest BCUT2D eigenvalue weighted by Gasteiger charge is 2.21. The van der Waals surface area contributed by atoms with E-state index in [1.54, 1.807) is 36.0 Å². The lowest BCUT2D eigenvalue weighted by atomic mass is 10.2. The number of aromatic nitrogens is 2. The number of nitrogens with two attached hydrogens (primary N) is 1. The number of hydrogen-bond donors (Lipinski definition) is 1. The molecule has 0 saturated carbocycles. The zero-order valence-corrected chi connectivity index (χ0v) is 16.8. The first kappa shape index (κ1) is 18.9. The van der Waals surface area contributed by atoms with Crippen LogP contribution >= 0.6 is 11.8 Å². The summed E-state index contributed by atoms with van der Waals surface area (Å²) in [5, 5.41) is 5.95. The highest BCUT2D eigenvalue weighted by Crippen LogP contribution is 2.25. The molecule has 140 valence electrons. The van der Waals surface area contributed by atoms with Crippen molar-refractivity contribution in [3.63, 3.8) is 0 Å². The normalized spacial score (nSPS) is 15.4. The second-order valence-corrected chi connectivity index (χ2v) is 8.59. The van der Waals surface area contributed by atoms with Gasteiger partial charge in [-0.1, -0.05) is 11.8 Å². The van der Waals surface area contributed by atoms with E-state index in [9.17, 15) is 8.42 Å². The molecule has 1 aliphatic rings. The third kappa shape index (κ3) is 3.94. The summed E-state index contributed by atoms with van der Waals surface area (Å²) in [4.78, 5) is 13.8. The van der Waals surface area contributed by atoms with Crippen LogP contribution < -0.4 is 14.9 Å². The minimum atomic E-state index is -3.65. The minimum Gasteiger partial charge on any atom is -0.368 e. The first-order valence-corrected chi connectivity index (χ1v) is 11.1. The monoisotopic (exact) mass is 393 g/mol. The summed E-state index contributed by atoms with van der Waals surface area (Å²) >= 11 is 1.55. The van der Waals surface area contributed by atoms with Crippen molar-refractivity contribution in [3.05, 3.63) is 35.5 Å². The molecule has 0 amide bonds. The smallest absolute Gasteiger partial charge is 0.238 e. The lowest BCUT2D eigenvalue weighted by Gasteiger charge is -2.37. The Kier molecular flexibility index (Phi) is 5.40. The van der Waals surface area contributed by atoms with Crippen LogP contribution in [-0.2, 0) is 10.0 Å². The lowest BCUT2D eigenvalue weighted by molar-refractivity contribution is 0.597. The van der Waals surface area contributed by atoms with Gasteiger partial charge >= 0.3 is 0 Å². The fourth-order valence-corrected chi connectivity index (χ4v) is 3.93. The fraction of sp³-hybridized carbons (Fsp3) is 0.412. The van der Waals surface area contributed by atoms with Crippen molar-refractivity contribution in [3.8, 4) is 0 Å². The fourth-order valence-electron chi connectivity index (χ4n) is 3.01.